The van der Waals surface area contributed by atoms with Gasteiger partial charge in [-0.25, -0.2) is 9.24 Å². The normalized spacial score (nSPS) is 10.6. The molecule has 0 aliphatic carbocycles. The fourth-order valence-electron chi connectivity index (χ4n) is 3.11. The van der Waals surface area contributed by atoms with Crippen LogP contribution in [0.15, 0.2) is 60.7 Å². The highest BCUT2D eigenvalue weighted by Crippen LogP contribution is 2.40. The van der Waals surface area contributed by atoms with Crippen LogP contribution in [0.1, 0.15) is 5.56 Å². The molecule has 0 fully saturated rings. The molecule has 0 atom stereocenters. The summed E-state index contributed by atoms with van der Waals surface area (Å²) < 4.78 is 16.5. The Balaban J connectivity index is 2.32. The molecule has 0 N–H and O–H groups in total. The van der Waals surface area contributed by atoms with E-state index < -0.39 is 5.82 Å². The summed E-state index contributed by atoms with van der Waals surface area (Å²) in [5, 5.41) is 10.8. The number of nitrogens with zero attached hydrogens (tertiary/aromatic N) is 3. The van der Waals surface area contributed by atoms with Gasteiger partial charge in [0.05, 0.1) is 23.2 Å². The van der Waals surface area contributed by atoms with Crippen LogP contribution in [-0.4, -0.2) is 4.57 Å². The van der Waals surface area contributed by atoms with Gasteiger partial charge in [-0.2, -0.15) is 5.26 Å². The molecule has 0 radical (unpaired) electrons. The van der Waals surface area contributed by atoms with Gasteiger partial charge >= 0.3 is 0 Å². The summed E-state index contributed by atoms with van der Waals surface area (Å²) in [6.07, 6.45) is 0. The summed E-state index contributed by atoms with van der Waals surface area (Å²) in [4.78, 5) is 3.39. The standard InChI is InChI=1S/C20H10FN3/c1-23-19-18(21)13(12-22)11-16-15-9-5-6-10-17(15)24(20(16)19)14-7-3-2-4-8-14/h2-11H. The van der Waals surface area contributed by atoms with Crippen molar-refractivity contribution in [1.29, 1.82) is 5.26 Å². The maximum absolute atomic E-state index is 14.6. The van der Waals surface area contributed by atoms with Crippen LogP contribution in [0, 0.1) is 23.7 Å². The lowest BCUT2D eigenvalue weighted by molar-refractivity contribution is 0.631. The van der Waals surface area contributed by atoms with Gasteiger partial charge in [0.1, 0.15) is 11.9 Å². The summed E-state index contributed by atoms with van der Waals surface area (Å²) in [7, 11) is 0. The van der Waals surface area contributed by atoms with E-state index in [1.807, 2.05) is 65.2 Å². The predicted octanol–water partition coefficient (Wildman–Crippen LogP) is 5.35. The molecule has 0 unspecified atom stereocenters. The van der Waals surface area contributed by atoms with Crippen LogP contribution in [0.5, 0.6) is 0 Å². The second-order valence-corrected chi connectivity index (χ2v) is 5.39. The van der Waals surface area contributed by atoms with Crippen molar-refractivity contribution < 1.29 is 4.39 Å². The van der Waals surface area contributed by atoms with Gasteiger partial charge in [0.25, 0.3) is 0 Å². The molecule has 0 aliphatic rings. The van der Waals surface area contributed by atoms with Crippen molar-refractivity contribution in [3.8, 4) is 11.8 Å². The number of hydrogen-bond acceptors (Lipinski definition) is 1. The summed E-state index contributed by atoms with van der Waals surface area (Å²) in [6, 6.07) is 20.5. The highest BCUT2D eigenvalue weighted by atomic mass is 19.1. The number of para-hydroxylation sites is 2. The van der Waals surface area contributed by atoms with Gasteiger partial charge in [0.15, 0.2) is 0 Å². The Labute approximate surface area is 137 Å². The SMILES string of the molecule is [C-]#[N+]c1c(F)c(C#N)cc2c3ccccc3n(-c3ccccc3)c12. The second-order valence-electron chi connectivity index (χ2n) is 5.39. The topological polar surface area (TPSA) is 33.1 Å². The van der Waals surface area contributed by atoms with Gasteiger partial charge in [-0.15, -0.1) is 0 Å². The van der Waals surface area contributed by atoms with E-state index >= 15 is 0 Å². The molecule has 0 spiro atoms. The van der Waals surface area contributed by atoms with Gasteiger partial charge in [-0.1, -0.05) is 36.4 Å². The lowest BCUT2D eigenvalue weighted by Gasteiger charge is -2.09. The summed E-state index contributed by atoms with van der Waals surface area (Å²) in [6.45, 7) is 7.43. The third kappa shape index (κ3) is 1.81. The van der Waals surface area contributed by atoms with Crippen LogP contribution in [-0.2, 0) is 0 Å². The summed E-state index contributed by atoms with van der Waals surface area (Å²) in [5.41, 5.74) is 1.98. The van der Waals surface area contributed by atoms with Crippen LogP contribution in [0.3, 0.4) is 0 Å². The number of benzene rings is 3. The maximum atomic E-state index is 14.6. The fraction of sp³-hybridized carbons (Fsp3) is 0. The number of rotatable bonds is 1. The quantitative estimate of drug-likeness (QED) is 0.436. The molecular formula is C20H10FN3. The number of halogens is 1. The molecule has 24 heavy (non-hydrogen) atoms. The van der Waals surface area contributed by atoms with E-state index in [4.69, 9.17) is 6.57 Å². The monoisotopic (exact) mass is 311 g/mol. The average molecular weight is 311 g/mol. The van der Waals surface area contributed by atoms with Crippen molar-refractivity contribution in [3.05, 3.63) is 83.5 Å². The Hall–Kier alpha value is -3.63. The highest BCUT2D eigenvalue weighted by Gasteiger charge is 2.21. The lowest BCUT2D eigenvalue weighted by atomic mass is 10.1. The fourth-order valence-corrected chi connectivity index (χ4v) is 3.11. The van der Waals surface area contributed by atoms with Crippen LogP contribution in [0.4, 0.5) is 10.1 Å². The van der Waals surface area contributed by atoms with Gasteiger partial charge in [-0.05, 0) is 29.7 Å². The third-order valence-electron chi connectivity index (χ3n) is 4.12. The van der Waals surface area contributed by atoms with Gasteiger partial charge in [0.2, 0.25) is 5.69 Å². The van der Waals surface area contributed by atoms with Crippen molar-refractivity contribution in [1.82, 2.24) is 4.57 Å². The van der Waals surface area contributed by atoms with Crippen LogP contribution in [0.2, 0.25) is 0 Å². The molecule has 0 saturated carbocycles. The molecule has 0 aliphatic heterocycles. The molecule has 4 rings (SSSR count). The van der Waals surface area contributed by atoms with Crippen molar-refractivity contribution in [3.63, 3.8) is 0 Å². The Morgan fingerprint density at radius 3 is 2.42 bits per heavy atom. The van der Waals surface area contributed by atoms with Crippen molar-refractivity contribution in [2.75, 3.05) is 0 Å². The highest BCUT2D eigenvalue weighted by molar-refractivity contribution is 6.13. The van der Waals surface area contributed by atoms with Gasteiger partial charge in [-0.3, -0.25) is 0 Å². The first-order valence-electron chi connectivity index (χ1n) is 7.35. The summed E-state index contributed by atoms with van der Waals surface area (Å²) in [5.74, 6) is -0.764. The van der Waals surface area contributed by atoms with Gasteiger partial charge < -0.3 is 4.57 Å². The molecule has 3 aromatic carbocycles. The van der Waals surface area contributed by atoms with E-state index in [1.165, 1.54) is 6.07 Å². The van der Waals surface area contributed by atoms with E-state index in [9.17, 15) is 9.65 Å². The Bertz CT molecular complexity index is 1180. The molecule has 1 heterocycles. The van der Waals surface area contributed by atoms with E-state index in [0.717, 1.165) is 16.6 Å². The first-order valence-corrected chi connectivity index (χ1v) is 7.35. The number of nitriles is 1. The Morgan fingerprint density at radius 2 is 1.71 bits per heavy atom. The number of aromatic nitrogens is 1. The zero-order valence-electron chi connectivity index (χ0n) is 12.5. The van der Waals surface area contributed by atoms with Gasteiger partial charge in [0, 0.05) is 11.1 Å². The van der Waals surface area contributed by atoms with Crippen molar-refractivity contribution in [2.24, 2.45) is 0 Å². The first kappa shape index (κ1) is 14.0. The van der Waals surface area contributed by atoms with E-state index in [1.54, 1.807) is 0 Å². The first-order chi connectivity index (χ1) is 11.8. The van der Waals surface area contributed by atoms with Crippen molar-refractivity contribution >= 4 is 27.5 Å². The lowest BCUT2D eigenvalue weighted by Crippen LogP contribution is -1.95. The van der Waals surface area contributed by atoms with Crippen LogP contribution in [0.25, 0.3) is 32.3 Å². The maximum Gasteiger partial charge on any atom is 0.247 e. The average Bonchev–Trinajstić information content (AvgIpc) is 2.96. The zero-order valence-corrected chi connectivity index (χ0v) is 12.5. The Kier molecular flexibility index (Phi) is 3.05. The minimum absolute atomic E-state index is 0.107. The second kappa shape index (κ2) is 5.22. The molecule has 4 heteroatoms. The molecule has 0 amide bonds. The van der Waals surface area contributed by atoms with Crippen LogP contribution >= 0.6 is 0 Å². The van der Waals surface area contributed by atoms with E-state index in [0.29, 0.717) is 10.9 Å². The number of hydrogen-bond donors (Lipinski definition) is 0. The molecule has 4 aromatic rings. The van der Waals surface area contributed by atoms with Crippen LogP contribution < -0.4 is 0 Å². The summed E-state index contributed by atoms with van der Waals surface area (Å²) >= 11 is 0. The largest absolute Gasteiger partial charge is 0.319 e. The Morgan fingerprint density at radius 1 is 1.00 bits per heavy atom. The molecule has 0 saturated heterocycles. The molecule has 112 valence electrons. The zero-order chi connectivity index (χ0) is 16.7. The molecule has 0 bridgehead atoms. The van der Waals surface area contributed by atoms with Crippen molar-refractivity contribution in [2.45, 2.75) is 0 Å². The van der Waals surface area contributed by atoms with E-state index in [2.05, 4.69) is 4.85 Å². The molecule has 1 aromatic heterocycles. The third-order valence-corrected chi connectivity index (χ3v) is 4.12. The smallest absolute Gasteiger partial charge is 0.247 e. The number of fused-ring (bicyclic) bond motifs is 3. The predicted molar refractivity (Wildman–Crippen MR) is 91.7 cm³/mol. The molecular weight excluding hydrogens is 301 g/mol. The minimum atomic E-state index is -0.764. The minimum Gasteiger partial charge on any atom is -0.319 e. The molecule has 3 nitrogen and oxygen atoms in total. The van der Waals surface area contributed by atoms with E-state index in [-0.39, 0.29) is 11.3 Å².